The third-order valence-corrected chi connectivity index (χ3v) is 5.03. The van der Waals surface area contributed by atoms with Gasteiger partial charge in [0.25, 0.3) is 0 Å². The Balaban J connectivity index is 2.21. The molecule has 1 heterocycles. The van der Waals surface area contributed by atoms with E-state index in [-0.39, 0.29) is 0 Å². The van der Waals surface area contributed by atoms with Crippen LogP contribution in [-0.2, 0) is 0 Å². The van der Waals surface area contributed by atoms with Crippen molar-refractivity contribution in [1.82, 2.24) is 5.32 Å². The molecule has 0 amide bonds. The van der Waals surface area contributed by atoms with E-state index >= 15 is 0 Å². The molecule has 17 heavy (non-hydrogen) atoms. The van der Waals surface area contributed by atoms with Crippen molar-refractivity contribution in [3.05, 3.63) is 23.3 Å². The SMILES string of the molecule is CNCCC1Sc2c(C)cc(C)cc2NC1C. The molecule has 2 atom stereocenters. The first kappa shape index (κ1) is 12.8. The molecule has 3 heteroatoms. The van der Waals surface area contributed by atoms with Gasteiger partial charge in [0.15, 0.2) is 0 Å². The standard InChI is InChI=1S/C14H22N2S/c1-9-7-10(2)14-12(8-9)16-11(3)13(17-14)5-6-15-4/h7-8,11,13,15-16H,5-6H2,1-4H3. The summed E-state index contributed by atoms with van der Waals surface area (Å²) in [5.41, 5.74) is 4.06. The van der Waals surface area contributed by atoms with Gasteiger partial charge < -0.3 is 10.6 Å². The number of fused-ring (bicyclic) bond motifs is 1. The van der Waals surface area contributed by atoms with Crippen LogP contribution in [0.5, 0.6) is 0 Å². The average molecular weight is 250 g/mol. The number of thioether (sulfide) groups is 1. The average Bonchev–Trinajstić information content (AvgIpc) is 2.26. The van der Waals surface area contributed by atoms with E-state index in [9.17, 15) is 0 Å². The minimum absolute atomic E-state index is 0.544. The Hall–Kier alpha value is -0.670. The van der Waals surface area contributed by atoms with Gasteiger partial charge in [0.05, 0.1) is 0 Å². The summed E-state index contributed by atoms with van der Waals surface area (Å²) in [6, 6.07) is 5.08. The normalized spacial score (nSPS) is 23.1. The van der Waals surface area contributed by atoms with Crippen molar-refractivity contribution in [2.75, 3.05) is 18.9 Å². The van der Waals surface area contributed by atoms with E-state index in [0.717, 1.165) is 6.54 Å². The summed E-state index contributed by atoms with van der Waals surface area (Å²) < 4.78 is 0. The highest BCUT2D eigenvalue weighted by Gasteiger charge is 2.26. The highest BCUT2D eigenvalue weighted by Crippen LogP contribution is 2.41. The van der Waals surface area contributed by atoms with Crippen LogP contribution in [0.15, 0.2) is 17.0 Å². The van der Waals surface area contributed by atoms with Crippen LogP contribution in [0.25, 0.3) is 0 Å². The Kier molecular flexibility index (Phi) is 4.00. The molecule has 94 valence electrons. The topological polar surface area (TPSA) is 24.1 Å². The van der Waals surface area contributed by atoms with E-state index in [1.807, 2.05) is 18.8 Å². The summed E-state index contributed by atoms with van der Waals surface area (Å²) >= 11 is 2.04. The number of hydrogen-bond acceptors (Lipinski definition) is 3. The maximum absolute atomic E-state index is 3.65. The Morgan fingerprint density at radius 1 is 1.35 bits per heavy atom. The van der Waals surface area contributed by atoms with Crippen LogP contribution < -0.4 is 10.6 Å². The van der Waals surface area contributed by atoms with Gasteiger partial charge in [0.2, 0.25) is 0 Å². The van der Waals surface area contributed by atoms with Crippen LogP contribution >= 0.6 is 11.8 Å². The second kappa shape index (κ2) is 5.32. The molecule has 0 saturated heterocycles. The fourth-order valence-electron chi connectivity index (χ4n) is 2.41. The number of aryl methyl sites for hydroxylation is 2. The lowest BCUT2D eigenvalue weighted by molar-refractivity contribution is 0.633. The molecule has 0 aliphatic carbocycles. The predicted octanol–water partition coefficient (Wildman–Crippen LogP) is 3.19. The lowest BCUT2D eigenvalue weighted by Gasteiger charge is -2.33. The molecule has 1 aromatic carbocycles. The van der Waals surface area contributed by atoms with Gasteiger partial charge in [-0.25, -0.2) is 0 Å². The van der Waals surface area contributed by atoms with E-state index in [1.54, 1.807) is 0 Å². The molecule has 1 aliphatic heterocycles. The molecule has 0 saturated carbocycles. The molecular formula is C14H22N2S. The molecule has 2 nitrogen and oxygen atoms in total. The van der Waals surface area contributed by atoms with Crippen molar-refractivity contribution in [2.24, 2.45) is 0 Å². The smallest absolute Gasteiger partial charge is 0.0486 e. The zero-order chi connectivity index (χ0) is 12.4. The molecule has 2 unspecified atom stereocenters. The van der Waals surface area contributed by atoms with Crippen molar-refractivity contribution in [3.63, 3.8) is 0 Å². The van der Waals surface area contributed by atoms with Crippen LogP contribution in [0.3, 0.4) is 0 Å². The summed E-state index contributed by atoms with van der Waals surface area (Å²) in [6.45, 7) is 7.75. The highest BCUT2D eigenvalue weighted by atomic mass is 32.2. The molecule has 0 spiro atoms. The molecule has 1 aliphatic rings. The number of nitrogens with one attached hydrogen (secondary N) is 2. The van der Waals surface area contributed by atoms with Crippen LogP contribution in [0, 0.1) is 13.8 Å². The lowest BCUT2D eigenvalue weighted by Crippen LogP contribution is -2.34. The summed E-state index contributed by atoms with van der Waals surface area (Å²) in [5.74, 6) is 0. The third-order valence-electron chi connectivity index (χ3n) is 3.31. The molecule has 0 aromatic heterocycles. The molecule has 0 bridgehead atoms. The van der Waals surface area contributed by atoms with E-state index in [2.05, 4.69) is 43.5 Å². The van der Waals surface area contributed by atoms with Crippen LogP contribution in [0.4, 0.5) is 5.69 Å². The van der Waals surface area contributed by atoms with E-state index < -0.39 is 0 Å². The molecule has 2 rings (SSSR count). The third kappa shape index (κ3) is 2.78. The van der Waals surface area contributed by atoms with Gasteiger partial charge in [-0.1, -0.05) is 6.07 Å². The zero-order valence-corrected chi connectivity index (χ0v) is 11.9. The Morgan fingerprint density at radius 2 is 2.12 bits per heavy atom. The van der Waals surface area contributed by atoms with E-state index in [1.165, 1.54) is 28.1 Å². The second-order valence-corrected chi connectivity index (χ2v) is 6.19. The van der Waals surface area contributed by atoms with Crippen LogP contribution in [-0.4, -0.2) is 24.9 Å². The summed E-state index contributed by atoms with van der Waals surface area (Å²) in [7, 11) is 2.02. The van der Waals surface area contributed by atoms with Crippen molar-refractivity contribution in [2.45, 2.75) is 43.4 Å². The van der Waals surface area contributed by atoms with Gasteiger partial charge in [-0.05, 0) is 58.0 Å². The highest BCUT2D eigenvalue weighted by molar-refractivity contribution is 8.00. The molecule has 0 fully saturated rings. The predicted molar refractivity (Wildman–Crippen MR) is 77.2 cm³/mol. The van der Waals surface area contributed by atoms with Gasteiger partial charge in [-0.2, -0.15) is 0 Å². The van der Waals surface area contributed by atoms with Gasteiger partial charge >= 0.3 is 0 Å². The van der Waals surface area contributed by atoms with E-state index in [0.29, 0.717) is 11.3 Å². The molecule has 2 N–H and O–H groups in total. The minimum Gasteiger partial charge on any atom is -0.381 e. The Bertz CT molecular complexity index is 403. The first-order valence-corrected chi connectivity index (χ1v) is 7.19. The Labute approximate surface area is 109 Å². The molecule has 0 radical (unpaired) electrons. The number of benzene rings is 1. The lowest BCUT2D eigenvalue weighted by atomic mass is 10.1. The quantitative estimate of drug-likeness (QED) is 0.861. The number of rotatable bonds is 3. The number of hydrogen-bond donors (Lipinski definition) is 2. The van der Waals surface area contributed by atoms with Gasteiger partial charge in [-0.3, -0.25) is 0 Å². The fourth-order valence-corrected chi connectivity index (χ4v) is 3.71. The van der Waals surface area contributed by atoms with Gasteiger partial charge in [0, 0.05) is 21.9 Å². The van der Waals surface area contributed by atoms with Crippen molar-refractivity contribution >= 4 is 17.4 Å². The largest absolute Gasteiger partial charge is 0.381 e. The maximum atomic E-state index is 3.65. The summed E-state index contributed by atoms with van der Waals surface area (Å²) in [6.07, 6.45) is 1.21. The van der Waals surface area contributed by atoms with Crippen molar-refractivity contribution in [1.29, 1.82) is 0 Å². The van der Waals surface area contributed by atoms with Crippen molar-refractivity contribution < 1.29 is 0 Å². The van der Waals surface area contributed by atoms with Crippen LogP contribution in [0.1, 0.15) is 24.5 Å². The molecular weight excluding hydrogens is 228 g/mol. The summed E-state index contributed by atoms with van der Waals surface area (Å²) in [4.78, 5) is 1.44. The zero-order valence-electron chi connectivity index (χ0n) is 11.1. The number of anilines is 1. The van der Waals surface area contributed by atoms with E-state index in [4.69, 9.17) is 0 Å². The van der Waals surface area contributed by atoms with Crippen molar-refractivity contribution in [3.8, 4) is 0 Å². The first-order valence-electron chi connectivity index (χ1n) is 6.31. The Morgan fingerprint density at radius 3 is 2.82 bits per heavy atom. The fraction of sp³-hybridized carbons (Fsp3) is 0.571. The monoisotopic (exact) mass is 250 g/mol. The maximum Gasteiger partial charge on any atom is 0.0486 e. The van der Waals surface area contributed by atoms with Crippen LogP contribution in [0.2, 0.25) is 0 Å². The van der Waals surface area contributed by atoms with Gasteiger partial charge in [-0.15, -0.1) is 11.8 Å². The first-order chi connectivity index (χ1) is 8.11. The van der Waals surface area contributed by atoms with Gasteiger partial charge in [0.1, 0.15) is 0 Å². The summed E-state index contributed by atoms with van der Waals surface area (Å²) in [5, 5.41) is 7.56. The molecule has 1 aromatic rings. The second-order valence-electron chi connectivity index (χ2n) is 4.94. The minimum atomic E-state index is 0.544.